The van der Waals surface area contributed by atoms with Crippen LogP contribution in [0.1, 0.15) is 38.8 Å². The van der Waals surface area contributed by atoms with E-state index in [2.05, 4.69) is 5.32 Å². The topological polar surface area (TPSA) is 82.8 Å². The summed E-state index contributed by atoms with van der Waals surface area (Å²) in [4.78, 5) is 12.3. The second-order valence-electron chi connectivity index (χ2n) is 8.47. The second kappa shape index (κ2) is 9.34. The molecular formula is C23H28BClN2O4. The first-order valence-corrected chi connectivity index (χ1v) is 10.5. The van der Waals surface area contributed by atoms with Gasteiger partial charge in [-0.2, -0.15) is 0 Å². The van der Waals surface area contributed by atoms with E-state index in [0.717, 1.165) is 5.56 Å². The summed E-state index contributed by atoms with van der Waals surface area (Å²) in [5, 5.41) is 3.27. The first kappa shape index (κ1) is 23.2. The zero-order valence-electron chi connectivity index (χ0n) is 18.3. The number of hydrogen-bond acceptors (Lipinski definition) is 5. The lowest BCUT2D eigenvalue weighted by Crippen LogP contribution is -2.41. The molecule has 6 nitrogen and oxygen atoms in total. The Morgan fingerprint density at radius 2 is 1.74 bits per heavy atom. The van der Waals surface area contributed by atoms with E-state index in [4.69, 9.17) is 31.4 Å². The molecule has 0 saturated carbocycles. The summed E-state index contributed by atoms with van der Waals surface area (Å²) in [5.74, 6) is 0. The van der Waals surface area contributed by atoms with Crippen molar-refractivity contribution in [2.75, 3.05) is 12.3 Å². The first-order chi connectivity index (χ1) is 14.6. The van der Waals surface area contributed by atoms with Crippen LogP contribution in [0, 0.1) is 0 Å². The molecule has 8 heteroatoms. The number of nitrogens with two attached hydrogens (primary N) is 1. The lowest BCUT2D eigenvalue weighted by atomic mass is 9.77. The largest absolute Gasteiger partial charge is 0.492 e. The number of ether oxygens (including phenoxy) is 1. The number of carbonyl (C=O) groups excluding carboxylic acids is 1. The number of amides is 1. The van der Waals surface area contributed by atoms with E-state index in [9.17, 15) is 4.79 Å². The normalized spacial score (nSPS) is 17.5. The molecule has 1 aliphatic rings. The van der Waals surface area contributed by atoms with E-state index in [1.807, 2.05) is 58.0 Å². The number of benzene rings is 2. The molecule has 0 unspecified atom stereocenters. The molecule has 31 heavy (non-hydrogen) atoms. The average Bonchev–Trinajstić information content (AvgIpc) is 2.93. The third kappa shape index (κ3) is 5.61. The summed E-state index contributed by atoms with van der Waals surface area (Å²) in [5.41, 5.74) is 7.81. The van der Waals surface area contributed by atoms with Gasteiger partial charge in [0.1, 0.15) is 6.61 Å². The molecule has 0 bridgehead atoms. The molecule has 1 aliphatic heterocycles. The highest BCUT2D eigenvalue weighted by Crippen LogP contribution is 2.39. The van der Waals surface area contributed by atoms with Crippen LogP contribution in [-0.2, 0) is 20.7 Å². The van der Waals surface area contributed by atoms with E-state index in [1.165, 1.54) is 0 Å². The van der Waals surface area contributed by atoms with Crippen LogP contribution < -0.4 is 11.1 Å². The zero-order chi connectivity index (χ0) is 22.6. The van der Waals surface area contributed by atoms with Crippen LogP contribution in [0.4, 0.5) is 10.5 Å². The molecule has 2 aromatic rings. The fourth-order valence-electron chi connectivity index (χ4n) is 3.04. The van der Waals surface area contributed by atoms with Gasteiger partial charge in [0.15, 0.2) is 0 Å². The van der Waals surface area contributed by atoms with Gasteiger partial charge in [-0.15, -0.1) is 0 Å². The summed E-state index contributed by atoms with van der Waals surface area (Å²) < 4.78 is 17.7. The maximum Gasteiger partial charge on any atom is 0.492 e. The summed E-state index contributed by atoms with van der Waals surface area (Å²) in [6.07, 6.45) is 1.26. The highest BCUT2D eigenvalue weighted by molar-refractivity contribution is 6.56. The molecule has 1 fully saturated rings. The molecule has 0 aromatic heterocycles. The van der Waals surface area contributed by atoms with Gasteiger partial charge >= 0.3 is 13.2 Å². The molecule has 0 aliphatic carbocycles. The van der Waals surface area contributed by atoms with Crippen molar-refractivity contribution in [3.05, 3.63) is 70.2 Å². The first-order valence-electron chi connectivity index (χ1n) is 10.1. The van der Waals surface area contributed by atoms with E-state index < -0.39 is 24.4 Å². The predicted molar refractivity (Wildman–Crippen MR) is 125 cm³/mol. The Morgan fingerprint density at radius 3 is 2.35 bits per heavy atom. The third-order valence-electron chi connectivity index (χ3n) is 5.62. The fraction of sp³-hybridized carbons (Fsp3) is 0.348. The molecule has 164 valence electrons. The molecular weight excluding hydrogens is 415 g/mol. The number of alkyl carbamates (subject to hydrolysis) is 1. The third-order valence-corrected chi connectivity index (χ3v) is 5.95. The van der Waals surface area contributed by atoms with Crippen molar-refractivity contribution in [3.63, 3.8) is 0 Å². The van der Waals surface area contributed by atoms with Crippen LogP contribution in [0.2, 0.25) is 5.02 Å². The van der Waals surface area contributed by atoms with Crippen molar-refractivity contribution in [1.82, 2.24) is 5.32 Å². The fourth-order valence-corrected chi connectivity index (χ4v) is 3.27. The zero-order valence-corrected chi connectivity index (χ0v) is 19.0. The minimum Gasteiger partial charge on any atom is -0.445 e. The van der Waals surface area contributed by atoms with Crippen molar-refractivity contribution in [2.45, 2.75) is 45.5 Å². The summed E-state index contributed by atoms with van der Waals surface area (Å²) in [6.45, 7) is 8.20. The highest BCUT2D eigenvalue weighted by Gasteiger charge is 2.52. The van der Waals surface area contributed by atoms with Crippen LogP contribution >= 0.6 is 11.6 Å². The van der Waals surface area contributed by atoms with Crippen molar-refractivity contribution in [1.29, 1.82) is 0 Å². The monoisotopic (exact) mass is 442 g/mol. The number of nitrogen functional groups attached to an aromatic ring is 1. The van der Waals surface area contributed by atoms with Gasteiger partial charge in [0.25, 0.3) is 0 Å². The minimum atomic E-state index is -0.671. The smallest absolute Gasteiger partial charge is 0.445 e. The lowest BCUT2D eigenvalue weighted by molar-refractivity contribution is 0.00578. The summed E-state index contributed by atoms with van der Waals surface area (Å²) >= 11 is 6.35. The molecule has 3 N–H and O–H groups in total. The number of hydrogen-bond donors (Lipinski definition) is 2. The summed E-state index contributed by atoms with van der Waals surface area (Å²) in [6, 6.07) is 14.8. The molecule has 1 saturated heterocycles. The number of carbonyl (C=O) groups is 1. The van der Waals surface area contributed by atoms with Gasteiger partial charge in [-0.1, -0.05) is 54.1 Å². The number of rotatable bonds is 6. The van der Waals surface area contributed by atoms with Gasteiger partial charge in [0.05, 0.1) is 11.2 Å². The molecule has 1 amide bonds. The Balaban J connectivity index is 1.77. The second-order valence-corrected chi connectivity index (χ2v) is 8.87. The van der Waals surface area contributed by atoms with Gasteiger partial charge in [-0.05, 0) is 50.9 Å². The molecule has 0 radical (unpaired) electrons. The average molecular weight is 443 g/mol. The van der Waals surface area contributed by atoms with E-state index in [1.54, 1.807) is 24.3 Å². The van der Waals surface area contributed by atoms with Crippen LogP contribution in [0.3, 0.4) is 0 Å². The highest BCUT2D eigenvalue weighted by atomic mass is 35.5. The van der Waals surface area contributed by atoms with Crippen LogP contribution in [0.5, 0.6) is 0 Å². The molecule has 0 spiro atoms. The summed E-state index contributed by atoms with van der Waals surface area (Å²) in [7, 11) is -0.671. The van der Waals surface area contributed by atoms with Crippen LogP contribution in [0.15, 0.2) is 54.0 Å². The Morgan fingerprint density at radius 1 is 1.10 bits per heavy atom. The molecule has 0 atom stereocenters. The SMILES string of the molecule is CC1(C)OB(C(=Cc2c(N)cccc2Cl)CNC(=O)OCc2ccccc2)OC1(C)C. The van der Waals surface area contributed by atoms with Gasteiger partial charge in [0.2, 0.25) is 0 Å². The maximum atomic E-state index is 12.3. The maximum absolute atomic E-state index is 12.3. The molecule has 2 aromatic carbocycles. The van der Waals surface area contributed by atoms with Crippen LogP contribution in [-0.4, -0.2) is 31.0 Å². The predicted octanol–water partition coefficient (Wildman–Crippen LogP) is 4.86. The Hall–Kier alpha value is -2.48. The standard InChI is InChI=1S/C23H28BClN2O4/c1-22(2)23(3,4)31-24(30-22)17(13-18-19(25)11-8-12-20(18)26)14-27-21(28)29-15-16-9-6-5-7-10-16/h5-13H,14-15,26H2,1-4H3,(H,27,28). The Kier molecular flexibility index (Phi) is 6.99. The van der Waals surface area contributed by atoms with Gasteiger partial charge in [0, 0.05) is 22.8 Å². The van der Waals surface area contributed by atoms with E-state index >= 15 is 0 Å². The number of anilines is 1. The molecule has 3 rings (SSSR count). The van der Waals surface area contributed by atoms with E-state index in [-0.39, 0.29) is 13.2 Å². The van der Waals surface area contributed by atoms with Gasteiger partial charge in [-0.3, -0.25) is 0 Å². The van der Waals surface area contributed by atoms with Crippen molar-refractivity contribution in [3.8, 4) is 0 Å². The van der Waals surface area contributed by atoms with Crippen LogP contribution in [0.25, 0.3) is 6.08 Å². The Labute approximate surface area is 188 Å². The number of nitrogens with one attached hydrogen (secondary N) is 1. The minimum absolute atomic E-state index is 0.148. The van der Waals surface area contributed by atoms with Gasteiger partial charge in [-0.25, -0.2) is 4.79 Å². The molecule has 1 heterocycles. The Bertz CT molecular complexity index is 927. The van der Waals surface area contributed by atoms with Gasteiger partial charge < -0.3 is 25.1 Å². The number of halogens is 1. The lowest BCUT2D eigenvalue weighted by Gasteiger charge is -2.32. The van der Waals surface area contributed by atoms with Crippen molar-refractivity contribution >= 4 is 36.6 Å². The van der Waals surface area contributed by atoms with Crippen molar-refractivity contribution < 1.29 is 18.8 Å². The van der Waals surface area contributed by atoms with E-state index in [0.29, 0.717) is 21.7 Å². The van der Waals surface area contributed by atoms with Crippen molar-refractivity contribution in [2.24, 2.45) is 0 Å². The quantitative estimate of drug-likeness (QED) is 0.493.